The summed E-state index contributed by atoms with van der Waals surface area (Å²) in [7, 11) is 0. The van der Waals surface area contributed by atoms with Crippen molar-refractivity contribution in [2.75, 3.05) is 10.6 Å². The van der Waals surface area contributed by atoms with Crippen LogP contribution < -0.4 is 10.6 Å². The summed E-state index contributed by atoms with van der Waals surface area (Å²) in [5, 5.41) is 7.49. The highest BCUT2D eigenvalue weighted by Gasteiger charge is 2.10. The monoisotopic (exact) mass is 425 g/mol. The fourth-order valence-corrected chi connectivity index (χ4v) is 4.65. The molecule has 2 aromatic carbocycles. The Balaban J connectivity index is 1.52. The molecule has 2 amide bonds. The number of hydrogen-bond donors (Lipinski definition) is 2. The topological polar surface area (TPSA) is 71.1 Å². The summed E-state index contributed by atoms with van der Waals surface area (Å²) in [6.07, 6.45) is 0.230. The van der Waals surface area contributed by atoms with Gasteiger partial charge in [-0.2, -0.15) is 0 Å². The Morgan fingerprint density at radius 3 is 2.41 bits per heavy atom. The van der Waals surface area contributed by atoms with Gasteiger partial charge in [-0.15, -0.1) is 11.3 Å². The maximum atomic E-state index is 12.3. The Labute approximate surface area is 179 Å². The molecule has 0 atom stereocenters. The van der Waals surface area contributed by atoms with E-state index < -0.39 is 0 Å². The van der Waals surface area contributed by atoms with Crippen LogP contribution in [0, 0.1) is 13.8 Å². The highest BCUT2D eigenvalue weighted by atomic mass is 32.2. The first-order valence-electron chi connectivity index (χ1n) is 9.20. The molecule has 0 unspecified atom stereocenters. The third kappa shape index (κ3) is 6.44. The highest BCUT2D eigenvalue weighted by molar-refractivity contribution is 8.00. The first kappa shape index (κ1) is 21.1. The molecular weight excluding hydrogens is 402 g/mol. The standard InChI is InChI=1S/C22H23N3O2S2/c1-14-4-5-15(2)17(10-14)12-28-22-25-20(13-29-22)11-21(27)24-19-8-6-18(7-9-19)23-16(3)26/h4-10,13H,11-12H2,1-3H3,(H,23,26)(H,24,27). The smallest absolute Gasteiger partial charge is 0.230 e. The molecule has 0 saturated heterocycles. The van der Waals surface area contributed by atoms with Gasteiger partial charge in [-0.25, -0.2) is 4.98 Å². The second kappa shape index (κ2) is 9.71. The number of anilines is 2. The molecule has 3 rings (SSSR count). The van der Waals surface area contributed by atoms with Crippen molar-refractivity contribution in [2.24, 2.45) is 0 Å². The van der Waals surface area contributed by atoms with Gasteiger partial charge in [0, 0.05) is 29.4 Å². The van der Waals surface area contributed by atoms with Crippen molar-refractivity contribution >= 4 is 46.3 Å². The molecule has 0 radical (unpaired) electrons. The van der Waals surface area contributed by atoms with E-state index in [1.807, 2.05) is 5.38 Å². The molecule has 7 heteroatoms. The van der Waals surface area contributed by atoms with E-state index in [0.29, 0.717) is 11.4 Å². The van der Waals surface area contributed by atoms with Crippen LogP contribution in [-0.2, 0) is 21.8 Å². The Morgan fingerprint density at radius 2 is 1.72 bits per heavy atom. The lowest BCUT2D eigenvalue weighted by Gasteiger charge is -2.06. The van der Waals surface area contributed by atoms with E-state index in [4.69, 9.17) is 0 Å². The van der Waals surface area contributed by atoms with Crippen LogP contribution in [0.3, 0.4) is 0 Å². The minimum Gasteiger partial charge on any atom is -0.326 e. The lowest BCUT2D eigenvalue weighted by Crippen LogP contribution is -2.14. The maximum absolute atomic E-state index is 12.3. The van der Waals surface area contributed by atoms with Crippen LogP contribution in [0.15, 0.2) is 52.2 Å². The first-order chi connectivity index (χ1) is 13.9. The molecule has 150 valence electrons. The number of aromatic nitrogens is 1. The van der Waals surface area contributed by atoms with Crippen molar-refractivity contribution in [3.63, 3.8) is 0 Å². The first-order valence-corrected chi connectivity index (χ1v) is 11.1. The fourth-order valence-electron chi connectivity index (χ4n) is 2.74. The summed E-state index contributed by atoms with van der Waals surface area (Å²) in [6.45, 7) is 5.68. The Hall–Kier alpha value is -2.64. The number of nitrogens with one attached hydrogen (secondary N) is 2. The van der Waals surface area contributed by atoms with Gasteiger partial charge in [-0.3, -0.25) is 9.59 Å². The van der Waals surface area contributed by atoms with Gasteiger partial charge in [0.2, 0.25) is 11.8 Å². The third-order valence-corrected chi connectivity index (χ3v) is 6.34. The van der Waals surface area contributed by atoms with Gasteiger partial charge in [-0.1, -0.05) is 35.5 Å². The zero-order valence-corrected chi connectivity index (χ0v) is 18.2. The molecule has 0 spiro atoms. The Bertz CT molecular complexity index is 1010. The number of benzene rings is 2. The molecule has 1 heterocycles. The van der Waals surface area contributed by atoms with Gasteiger partial charge >= 0.3 is 0 Å². The average molecular weight is 426 g/mol. The third-order valence-electron chi connectivity index (χ3n) is 4.22. The number of hydrogen-bond acceptors (Lipinski definition) is 5. The van der Waals surface area contributed by atoms with Crippen molar-refractivity contribution < 1.29 is 9.59 Å². The number of thioether (sulfide) groups is 1. The average Bonchev–Trinajstić information content (AvgIpc) is 3.11. The van der Waals surface area contributed by atoms with Gasteiger partial charge in [-0.05, 0) is 49.2 Å². The minimum absolute atomic E-state index is 0.117. The zero-order valence-electron chi connectivity index (χ0n) is 16.6. The lowest BCUT2D eigenvalue weighted by atomic mass is 10.1. The number of aryl methyl sites for hydroxylation is 2. The molecular formula is C22H23N3O2S2. The minimum atomic E-state index is -0.128. The molecule has 0 aliphatic rings. The number of rotatable bonds is 7. The fraction of sp³-hybridized carbons (Fsp3) is 0.227. The molecule has 5 nitrogen and oxygen atoms in total. The van der Waals surface area contributed by atoms with Crippen LogP contribution in [-0.4, -0.2) is 16.8 Å². The van der Waals surface area contributed by atoms with Crippen LogP contribution in [0.2, 0.25) is 0 Å². The predicted molar refractivity (Wildman–Crippen MR) is 121 cm³/mol. The molecule has 3 aromatic rings. The number of amides is 2. The van der Waals surface area contributed by atoms with E-state index in [9.17, 15) is 9.59 Å². The summed E-state index contributed by atoms with van der Waals surface area (Å²) in [4.78, 5) is 27.9. The second-order valence-electron chi connectivity index (χ2n) is 6.81. The van der Waals surface area contributed by atoms with E-state index in [0.717, 1.165) is 15.8 Å². The van der Waals surface area contributed by atoms with Gasteiger partial charge in [0.25, 0.3) is 0 Å². The lowest BCUT2D eigenvalue weighted by molar-refractivity contribution is -0.116. The molecule has 0 saturated carbocycles. The van der Waals surface area contributed by atoms with E-state index in [1.165, 1.54) is 23.6 Å². The van der Waals surface area contributed by atoms with E-state index >= 15 is 0 Å². The predicted octanol–water partition coefficient (Wildman–Crippen LogP) is 5.19. The van der Waals surface area contributed by atoms with Crippen LogP contribution in [0.4, 0.5) is 11.4 Å². The molecule has 1 aromatic heterocycles. The second-order valence-corrected chi connectivity index (χ2v) is 8.89. The van der Waals surface area contributed by atoms with Gasteiger partial charge in [0.15, 0.2) is 0 Å². The van der Waals surface area contributed by atoms with Crippen molar-refractivity contribution in [2.45, 2.75) is 37.3 Å². The SMILES string of the molecule is CC(=O)Nc1ccc(NC(=O)Cc2csc(SCc3cc(C)ccc3C)n2)cc1. The van der Waals surface area contributed by atoms with Crippen LogP contribution in [0.5, 0.6) is 0 Å². The number of carbonyl (C=O) groups excluding carboxylic acids is 2. The largest absolute Gasteiger partial charge is 0.326 e. The number of thiazole rings is 1. The summed E-state index contributed by atoms with van der Waals surface area (Å²) >= 11 is 3.26. The summed E-state index contributed by atoms with van der Waals surface area (Å²) in [6, 6.07) is 13.5. The quantitative estimate of drug-likeness (QED) is 0.511. The van der Waals surface area contributed by atoms with Crippen LogP contribution >= 0.6 is 23.1 Å². The zero-order chi connectivity index (χ0) is 20.8. The van der Waals surface area contributed by atoms with Crippen molar-refractivity contribution in [1.82, 2.24) is 4.98 Å². The van der Waals surface area contributed by atoms with E-state index in [-0.39, 0.29) is 18.2 Å². The Morgan fingerprint density at radius 1 is 1.03 bits per heavy atom. The van der Waals surface area contributed by atoms with Crippen LogP contribution in [0.25, 0.3) is 0 Å². The summed E-state index contributed by atoms with van der Waals surface area (Å²) in [5.41, 5.74) is 6.00. The molecule has 29 heavy (non-hydrogen) atoms. The van der Waals surface area contributed by atoms with E-state index in [2.05, 4.69) is 47.7 Å². The number of carbonyl (C=O) groups is 2. The molecule has 0 fully saturated rings. The molecule has 0 aliphatic heterocycles. The normalized spacial score (nSPS) is 10.6. The van der Waals surface area contributed by atoms with E-state index in [1.54, 1.807) is 47.4 Å². The maximum Gasteiger partial charge on any atom is 0.230 e. The van der Waals surface area contributed by atoms with Crippen molar-refractivity contribution in [3.8, 4) is 0 Å². The van der Waals surface area contributed by atoms with Gasteiger partial charge in [0.1, 0.15) is 4.34 Å². The van der Waals surface area contributed by atoms with Gasteiger partial charge < -0.3 is 10.6 Å². The highest BCUT2D eigenvalue weighted by Crippen LogP contribution is 2.28. The Kier molecular flexibility index (Phi) is 7.06. The van der Waals surface area contributed by atoms with Crippen LogP contribution in [0.1, 0.15) is 29.3 Å². The van der Waals surface area contributed by atoms with Gasteiger partial charge in [0.05, 0.1) is 12.1 Å². The summed E-state index contributed by atoms with van der Waals surface area (Å²) < 4.78 is 0.966. The van der Waals surface area contributed by atoms with Crippen molar-refractivity contribution in [1.29, 1.82) is 0 Å². The molecule has 0 bridgehead atoms. The molecule has 2 N–H and O–H groups in total. The summed E-state index contributed by atoms with van der Waals surface area (Å²) in [5.74, 6) is 0.623. The number of nitrogens with zero attached hydrogens (tertiary/aromatic N) is 1. The molecule has 0 aliphatic carbocycles. The van der Waals surface area contributed by atoms with Crippen molar-refractivity contribution in [3.05, 3.63) is 70.2 Å².